The summed E-state index contributed by atoms with van der Waals surface area (Å²) < 4.78 is 10.2. The third kappa shape index (κ3) is 3.13. The molecule has 1 aliphatic rings. The van der Waals surface area contributed by atoms with Gasteiger partial charge in [0, 0.05) is 20.5 Å². The molecule has 4 atom stereocenters. The molecule has 0 aliphatic carbocycles. The summed E-state index contributed by atoms with van der Waals surface area (Å²) in [4.78, 5) is 10.9. The smallest absolute Gasteiger partial charge is 0.233 e. The first-order valence-corrected chi connectivity index (χ1v) is 5.03. The lowest BCUT2D eigenvalue weighted by Crippen LogP contribution is -2.53. The predicted molar refractivity (Wildman–Crippen MR) is 53.9 cm³/mol. The van der Waals surface area contributed by atoms with Crippen LogP contribution in [0.15, 0.2) is 0 Å². The first-order valence-electron chi connectivity index (χ1n) is 5.03. The Kier molecular flexibility index (Phi) is 4.63. The first kappa shape index (κ1) is 13.3. The molecule has 1 aliphatic heterocycles. The van der Waals surface area contributed by atoms with E-state index in [2.05, 4.69) is 0 Å². The number of amides is 1. The summed E-state index contributed by atoms with van der Waals surface area (Å²) in [6.07, 6.45) is -3.15. The number of hydrogen-bond acceptors (Lipinski definition) is 6. The number of rotatable bonds is 3. The van der Waals surface area contributed by atoms with Gasteiger partial charge in [0.15, 0.2) is 6.29 Å². The van der Waals surface area contributed by atoms with Crippen molar-refractivity contribution >= 4 is 5.91 Å². The van der Waals surface area contributed by atoms with Crippen LogP contribution in [0.1, 0.15) is 13.3 Å². The fourth-order valence-electron chi connectivity index (χ4n) is 1.58. The van der Waals surface area contributed by atoms with E-state index in [0.717, 1.165) is 5.01 Å². The second-order valence-electron chi connectivity index (χ2n) is 3.83. The summed E-state index contributed by atoms with van der Waals surface area (Å²) in [5.74, 6) is 5.14. The van der Waals surface area contributed by atoms with Gasteiger partial charge in [-0.1, -0.05) is 0 Å². The van der Waals surface area contributed by atoms with Crippen molar-refractivity contribution in [3.8, 4) is 0 Å². The number of methoxy groups -OCH3 is 1. The van der Waals surface area contributed by atoms with Gasteiger partial charge in [-0.15, -0.1) is 0 Å². The van der Waals surface area contributed by atoms with Gasteiger partial charge in [-0.05, 0) is 0 Å². The number of aliphatic hydroxyl groups is 2. The van der Waals surface area contributed by atoms with Crippen molar-refractivity contribution in [2.75, 3.05) is 13.7 Å². The number of hydrogen-bond donors (Lipinski definition) is 3. The van der Waals surface area contributed by atoms with Gasteiger partial charge in [-0.25, -0.2) is 5.84 Å². The second-order valence-corrected chi connectivity index (χ2v) is 3.83. The van der Waals surface area contributed by atoms with Crippen LogP contribution in [0.2, 0.25) is 0 Å². The van der Waals surface area contributed by atoms with Crippen LogP contribution in [0, 0.1) is 0 Å². The molecule has 7 nitrogen and oxygen atoms in total. The summed E-state index contributed by atoms with van der Waals surface area (Å²) in [6, 6.07) is 0. The van der Waals surface area contributed by atoms with Crippen molar-refractivity contribution in [1.82, 2.24) is 5.01 Å². The van der Waals surface area contributed by atoms with E-state index in [0.29, 0.717) is 0 Å². The number of carbonyl (C=O) groups is 1. The lowest BCUT2D eigenvalue weighted by Gasteiger charge is -2.37. The number of nitrogens with two attached hydrogens (primary N) is 1. The summed E-state index contributed by atoms with van der Waals surface area (Å²) in [6.45, 7) is 1.49. The molecule has 1 rings (SSSR count). The minimum Gasteiger partial charge on any atom is -0.390 e. The van der Waals surface area contributed by atoms with Crippen LogP contribution in [0.4, 0.5) is 0 Å². The van der Waals surface area contributed by atoms with Gasteiger partial charge in [0.1, 0.15) is 6.10 Å². The molecule has 0 spiro atoms. The Bertz CT molecular complexity index is 250. The van der Waals surface area contributed by atoms with Crippen LogP contribution in [0.3, 0.4) is 0 Å². The monoisotopic (exact) mass is 234 g/mol. The van der Waals surface area contributed by atoms with E-state index in [1.165, 1.54) is 14.0 Å². The normalized spacial score (nSPS) is 34.8. The van der Waals surface area contributed by atoms with Gasteiger partial charge in [0.25, 0.3) is 0 Å². The molecule has 4 N–H and O–H groups in total. The van der Waals surface area contributed by atoms with Crippen molar-refractivity contribution < 1.29 is 24.5 Å². The van der Waals surface area contributed by atoms with E-state index in [4.69, 9.17) is 15.3 Å². The van der Waals surface area contributed by atoms with Crippen LogP contribution >= 0.6 is 0 Å². The zero-order chi connectivity index (χ0) is 12.3. The van der Waals surface area contributed by atoms with E-state index in [1.807, 2.05) is 0 Å². The molecule has 0 aromatic rings. The highest BCUT2D eigenvalue weighted by atomic mass is 16.7. The van der Waals surface area contributed by atoms with Crippen LogP contribution in [-0.4, -0.2) is 59.4 Å². The van der Waals surface area contributed by atoms with E-state index in [1.54, 1.807) is 0 Å². The van der Waals surface area contributed by atoms with Gasteiger partial charge in [-0.3, -0.25) is 9.80 Å². The zero-order valence-electron chi connectivity index (χ0n) is 9.37. The van der Waals surface area contributed by atoms with Gasteiger partial charge >= 0.3 is 0 Å². The molecule has 0 saturated carbocycles. The third-order valence-corrected chi connectivity index (χ3v) is 2.54. The number of hydrazine groups is 1. The molecular formula is C9H18N2O5. The van der Waals surface area contributed by atoms with Crippen LogP contribution in [-0.2, 0) is 14.3 Å². The Labute approximate surface area is 93.7 Å². The van der Waals surface area contributed by atoms with Crippen molar-refractivity contribution in [2.24, 2.45) is 5.84 Å². The van der Waals surface area contributed by atoms with Crippen LogP contribution in [0.5, 0.6) is 0 Å². The highest BCUT2D eigenvalue weighted by Crippen LogP contribution is 2.21. The van der Waals surface area contributed by atoms with Crippen LogP contribution in [0.25, 0.3) is 0 Å². The quantitative estimate of drug-likeness (QED) is 0.302. The number of aliphatic hydroxyl groups excluding tert-OH is 2. The van der Waals surface area contributed by atoms with E-state index < -0.39 is 24.6 Å². The SMILES string of the molecule is CO[C@@H]1O[C@H](CN(N)C(C)=O)C[C@@H](O)[C@H]1O. The number of ether oxygens (including phenoxy) is 2. The van der Waals surface area contributed by atoms with Gasteiger partial charge < -0.3 is 19.7 Å². The van der Waals surface area contributed by atoms with Gasteiger partial charge in [0.2, 0.25) is 5.91 Å². The van der Waals surface area contributed by atoms with Gasteiger partial charge in [0.05, 0.1) is 18.8 Å². The molecule has 1 fully saturated rings. The highest BCUT2D eigenvalue weighted by molar-refractivity contribution is 5.72. The average Bonchev–Trinajstić information content (AvgIpc) is 2.22. The maximum atomic E-state index is 10.9. The summed E-state index contributed by atoms with van der Waals surface area (Å²) >= 11 is 0. The standard InChI is InChI=1S/C9H18N2O5/c1-5(12)11(10)4-6-3-7(13)8(14)9(15-2)16-6/h6-9,13-14H,3-4,10H2,1-2H3/t6-,7+,8+,9+/m0/s1. The van der Waals surface area contributed by atoms with Crippen molar-refractivity contribution in [2.45, 2.75) is 37.9 Å². The van der Waals surface area contributed by atoms with Gasteiger partial charge in [-0.2, -0.15) is 0 Å². The average molecular weight is 234 g/mol. The Morgan fingerprint density at radius 3 is 2.75 bits per heavy atom. The summed E-state index contributed by atoms with van der Waals surface area (Å²) in [5, 5.41) is 20.0. The lowest BCUT2D eigenvalue weighted by atomic mass is 10.0. The molecule has 16 heavy (non-hydrogen) atoms. The maximum absolute atomic E-state index is 10.9. The Balaban J connectivity index is 2.53. The first-order chi connectivity index (χ1) is 7.45. The Morgan fingerprint density at radius 1 is 1.62 bits per heavy atom. The molecule has 0 aromatic carbocycles. The van der Waals surface area contributed by atoms with Crippen LogP contribution < -0.4 is 5.84 Å². The topological polar surface area (TPSA) is 105 Å². The zero-order valence-corrected chi connectivity index (χ0v) is 9.37. The lowest BCUT2D eigenvalue weighted by molar-refractivity contribution is -0.259. The molecule has 0 bridgehead atoms. The van der Waals surface area contributed by atoms with Crippen molar-refractivity contribution in [1.29, 1.82) is 0 Å². The minimum atomic E-state index is -1.08. The molecule has 1 amide bonds. The second kappa shape index (κ2) is 5.55. The van der Waals surface area contributed by atoms with Crippen molar-refractivity contribution in [3.05, 3.63) is 0 Å². The predicted octanol–water partition coefficient (Wildman–Crippen LogP) is -1.81. The van der Waals surface area contributed by atoms with E-state index in [-0.39, 0.29) is 18.9 Å². The van der Waals surface area contributed by atoms with E-state index >= 15 is 0 Å². The molecule has 7 heteroatoms. The summed E-state index contributed by atoms with van der Waals surface area (Å²) in [7, 11) is 1.37. The van der Waals surface area contributed by atoms with E-state index in [9.17, 15) is 15.0 Å². The number of nitrogens with zero attached hydrogens (tertiary/aromatic N) is 1. The molecule has 0 radical (unpaired) electrons. The number of carbonyl (C=O) groups excluding carboxylic acids is 1. The van der Waals surface area contributed by atoms with Crippen molar-refractivity contribution in [3.63, 3.8) is 0 Å². The molecule has 94 valence electrons. The minimum absolute atomic E-state index is 0.152. The third-order valence-electron chi connectivity index (χ3n) is 2.54. The molecule has 1 saturated heterocycles. The highest BCUT2D eigenvalue weighted by Gasteiger charge is 2.37. The molecule has 0 aromatic heterocycles. The fraction of sp³-hybridized carbons (Fsp3) is 0.889. The largest absolute Gasteiger partial charge is 0.390 e. The molecular weight excluding hydrogens is 216 g/mol. The Morgan fingerprint density at radius 2 is 2.25 bits per heavy atom. The summed E-state index contributed by atoms with van der Waals surface area (Å²) in [5.41, 5.74) is 0. The Hall–Kier alpha value is -0.730. The molecule has 1 heterocycles. The fourth-order valence-corrected chi connectivity index (χ4v) is 1.58. The molecule has 0 unspecified atom stereocenters. The maximum Gasteiger partial charge on any atom is 0.233 e.